The Morgan fingerprint density at radius 1 is 1.47 bits per heavy atom. The van der Waals surface area contributed by atoms with Crippen molar-refractivity contribution in [3.8, 4) is 5.95 Å². The van der Waals surface area contributed by atoms with Gasteiger partial charge in [0.1, 0.15) is 11.4 Å². The number of carbonyl (C=O) groups excluding carboxylic acids is 1. The van der Waals surface area contributed by atoms with E-state index in [2.05, 4.69) is 15.1 Å². The quantitative estimate of drug-likeness (QED) is 0.772. The molecule has 0 saturated carbocycles. The Balaban J connectivity index is 2.37. The summed E-state index contributed by atoms with van der Waals surface area (Å²) >= 11 is 0. The number of nitrogens with two attached hydrogens (primary N) is 1. The van der Waals surface area contributed by atoms with Crippen molar-refractivity contribution in [2.24, 2.45) is 0 Å². The van der Waals surface area contributed by atoms with Crippen LogP contribution < -0.4 is 5.73 Å². The summed E-state index contributed by atoms with van der Waals surface area (Å²) in [5, 5.41) is 3.96. The van der Waals surface area contributed by atoms with Crippen LogP contribution in [-0.2, 0) is 4.74 Å². The Morgan fingerprint density at radius 2 is 2.18 bits per heavy atom. The van der Waals surface area contributed by atoms with Gasteiger partial charge in [-0.15, -0.1) is 0 Å². The number of esters is 1. The van der Waals surface area contributed by atoms with Crippen LogP contribution in [0, 0.1) is 0 Å². The lowest BCUT2D eigenvalue weighted by molar-refractivity contribution is 0.0527. The second-order valence-corrected chi connectivity index (χ2v) is 3.12. The van der Waals surface area contributed by atoms with E-state index in [0.717, 1.165) is 0 Å². The Hall–Kier alpha value is -2.44. The van der Waals surface area contributed by atoms with E-state index in [1.165, 1.54) is 10.9 Å². The predicted molar refractivity (Wildman–Crippen MR) is 59.5 cm³/mol. The number of carbonyl (C=O) groups is 1. The molecule has 0 unspecified atom stereocenters. The lowest BCUT2D eigenvalue weighted by atomic mass is 10.3. The molecular weight excluding hydrogens is 222 g/mol. The van der Waals surface area contributed by atoms with Gasteiger partial charge in [-0.1, -0.05) is 0 Å². The first kappa shape index (κ1) is 11.1. The van der Waals surface area contributed by atoms with Crippen molar-refractivity contribution in [2.75, 3.05) is 12.3 Å². The van der Waals surface area contributed by atoms with Crippen LogP contribution >= 0.6 is 0 Å². The first-order valence-electron chi connectivity index (χ1n) is 5.02. The number of rotatable bonds is 3. The summed E-state index contributed by atoms with van der Waals surface area (Å²) in [5.41, 5.74) is 5.99. The molecule has 0 aliphatic rings. The highest BCUT2D eigenvalue weighted by Crippen LogP contribution is 2.14. The van der Waals surface area contributed by atoms with Gasteiger partial charge in [0.2, 0.25) is 0 Å². The van der Waals surface area contributed by atoms with Gasteiger partial charge < -0.3 is 10.5 Å². The molecule has 2 heterocycles. The third kappa shape index (κ3) is 2.07. The van der Waals surface area contributed by atoms with E-state index in [9.17, 15) is 4.79 Å². The molecule has 88 valence electrons. The summed E-state index contributed by atoms with van der Waals surface area (Å²) in [4.78, 5) is 19.5. The molecule has 2 N–H and O–H groups in total. The molecule has 2 aromatic heterocycles. The second kappa shape index (κ2) is 4.60. The van der Waals surface area contributed by atoms with E-state index in [1.807, 2.05) is 0 Å². The SMILES string of the molecule is CCOC(=O)c1cnn(-c2ncccn2)c1N. The van der Waals surface area contributed by atoms with Gasteiger partial charge >= 0.3 is 5.97 Å². The smallest absolute Gasteiger partial charge is 0.343 e. The van der Waals surface area contributed by atoms with Crippen LogP contribution in [0.3, 0.4) is 0 Å². The van der Waals surface area contributed by atoms with Crippen LogP contribution in [0.15, 0.2) is 24.7 Å². The highest BCUT2D eigenvalue weighted by molar-refractivity contribution is 5.94. The molecule has 0 amide bonds. The van der Waals surface area contributed by atoms with E-state index in [-0.39, 0.29) is 18.0 Å². The van der Waals surface area contributed by atoms with Gasteiger partial charge in [0.15, 0.2) is 0 Å². The van der Waals surface area contributed by atoms with E-state index >= 15 is 0 Å². The summed E-state index contributed by atoms with van der Waals surface area (Å²) in [6, 6.07) is 1.68. The fourth-order valence-corrected chi connectivity index (χ4v) is 1.28. The number of hydrogen-bond donors (Lipinski definition) is 1. The summed E-state index contributed by atoms with van der Waals surface area (Å²) in [6.07, 6.45) is 4.46. The Bertz CT molecular complexity index is 523. The first-order valence-corrected chi connectivity index (χ1v) is 5.02. The van der Waals surface area contributed by atoms with E-state index in [0.29, 0.717) is 5.95 Å². The largest absolute Gasteiger partial charge is 0.462 e. The van der Waals surface area contributed by atoms with Gasteiger partial charge in [-0.3, -0.25) is 0 Å². The van der Waals surface area contributed by atoms with Crippen molar-refractivity contribution < 1.29 is 9.53 Å². The normalized spacial score (nSPS) is 10.2. The van der Waals surface area contributed by atoms with E-state index in [1.54, 1.807) is 25.4 Å². The Morgan fingerprint density at radius 3 is 2.82 bits per heavy atom. The zero-order valence-corrected chi connectivity index (χ0v) is 9.20. The maximum atomic E-state index is 11.5. The molecule has 0 spiro atoms. The Kier molecular flexibility index (Phi) is 2.99. The standard InChI is InChI=1S/C10H11N5O2/c1-2-17-9(16)7-6-14-15(8(7)11)10-12-4-3-5-13-10/h3-6H,2,11H2,1H3. The second-order valence-electron chi connectivity index (χ2n) is 3.12. The van der Waals surface area contributed by atoms with Crippen molar-refractivity contribution in [1.29, 1.82) is 0 Å². The molecule has 0 bridgehead atoms. The summed E-state index contributed by atoms with van der Waals surface area (Å²) in [5.74, 6) is -0.0395. The minimum Gasteiger partial charge on any atom is -0.462 e. The van der Waals surface area contributed by atoms with Gasteiger partial charge in [0.05, 0.1) is 12.8 Å². The lowest BCUT2D eigenvalue weighted by Crippen LogP contribution is -2.10. The number of nitrogens with zero attached hydrogens (tertiary/aromatic N) is 4. The van der Waals surface area contributed by atoms with Gasteiger partial charge in [-0.25, -0.2) is 14.8 Å². The molecule has 2 aromatic rings. The monoisotopic (exact) mass is 233 g/mol. The maximum absolute atomic E-state index is 11.5. The molecule has 0 fully saturated rings. The summed E-state index contributed by atoms with van der Waals surface area (Å²) in [7, 11) is 0. The van der Waals surface area contributed by atoms with Gasteiger partial charge in [-0.05, 0) is 13.0 Å². The molecule has 0 radical (unpaired) electrons. The number of ether oxygens (including phenoxy) is 1. The molecule has 0 aromatic carbocycles. The molecule has 2 rings (SSSR count). The topological polar surface area (TPSA) is 95.9 Å². The molecule has 0 aliphatic carbocycles. The van der Waals surface area contributed by atoms with Crippen LogP contribution in [-0.4, -0.2) is 32.3 Å². The molecule has 0 saturated heterocycles. The van der Waals surface area contributed by atoms with E-state index in [4.69, 9.17) is 10.5 Å². The highest BCUT2D eigenvalue weighted by atomic mass is 16.5. The van der Waals surface area contributed by atoms with Crippen LogP contribution in [0.2, 0.25) is 0 Å². The van der Waals surface area contributed by atoms with Crippen LogP contribution in [0.25, 0.3) is 5.95 Å². The van der Waals surface area contributed by atoms with Crippen molar-refractivity contribution in [3.63, 3.8) is 0 Å². The zero-order chi connectivity index (χ0) is 12.3. The Labute approximate surface area is 97.2 Å². The zero-order valence-electron chi connectivity index (χ0n) is 9.20. The lowest BCUT2D eigenvalue weighted by Gasteiger charge is -2.02. The van der Waals surface area contributed by atoms with Gasteiger partial charge in [0.25, 0.3) is 5.95 Å². The van der Waals surface area contributed by atoms with Crippen molar-refractivity contribution >= 4 is 11.8 Å². The third-order valence-corrected chi connectivity index (χ3v) is 2.04. The van der Waals surface area contributed by atoms with Crippen molar-refractivity contribution in [3.05, 3.63) is 30.2 Å². The van der Waals surface area contributed by atoms with Gasteiger partial charge in [0, 0.05) is 12.4 Å². The van der Waals surface area contributed by atoms with E-state index < -0.39 is 5.97 Å². The fraction of sp³-hybridized carbons (Fsp3) is 0.200. The minimum absolute atomic E-state index is 0.162. The third-order valence-electron chi connectivity index (χ3n) is 2.04. The number of anilines is 1. The minimum atomic E-state index is -0.507. The van der Waals surface area contributed by atoms with Crippen LogP contribution in [0.5, 0.6) is 0 Å². The van der Waals surface area contributed by atoms with Crippen molar-refractivity contribution in [2.45, 2.75) is 6.92 Å². The number of hydrogen-bond acceptors (Lipinski definition) is 6. The maximum Gasteiger partial charge on any atom is 0.343 e. The number of aromatic nitrogens is 4. The molecule has 7 heteroatoms. The predicted octanol–water partition coefficient (Wildman–Crippen LogP) is 0.421. The van der Waals surface area contributed by atoms with Crippen LogP contribution in [0.4, 0.5) is 5.82 Å². The average Bonchev–Trinajstić information content (AvgIpc) is 2.72. The first-order chi connectivity index (χ1) is 8.24. The highest BCUT2D eigenvalue weighted by Gasteiger charge is 2.17. The molecule has 17 heavy (non-hydrogen) atoms. The molecule has 0 atom stereocenters. The summed E-state index contributed by atoms with van der Waals surface area (Å²) < 4.78 is 6.13. The van der Waals surface area contributed by atoms with Gasteiger partial charge in [-0.2, -0.15) is 9.78 Å². The number of nitrogen functional groups attached to an aromatic ring is 1. The van der Waals surface area contributed by atoms with Crippen LogP contribution in [0.1, 0.15) is 17.3 Å². The molecular formula is C10H11N5O2. The molecule has 0 aliphatic heterocycles. The molecule has 7 nitrogen and oxygen atoms in total. The fourth-order valence-electron chi connectivity index (χ4n) is 1.28. The summed E-state index contributed by atoms with van der Waals surface area (Å²) in [6.45, 7) is 2.00. The van der Waals surface area contributed by atoms with Crippen molar-refractivity contribution in [1.82, 2.24) is 19.7 Å². The average molecular weight is 233 g/mol.